The summed E-state index contributed by atoms with van der Waals surface area (Å²) in [5.41, 5.74) is 0. The molecule has 0 bridgehead atoms. The molecule has 4 nitrogen and oxygen atoms in total. The molecule has 1 aliphatic carbocycles. The first-order valence-electron chi connectivity index (χ1n) is 4.01. The summed E-state index contributed by atoms with van der Waals surface area (Å²) in [4.78, 5) is 0. The Morgan fingerprint density at radius 2 is 1.82 bits per heavy atom. The van der Waals surface area contributed by atoms with Crippen LogP contribution in [0.1, 0.15) is 6.04 Å². The zero-order chi connectivity index (χ0) is 7.26. The van der Waals surface area contributed by atoms with Crippen LogP contribution in [0.4, 0.5) is 0 Å². The predicted octanol–water partition coefficient (Wildman–Crippen LogP) is -0.332. The molecule has 3 rings (SSSR count). The lowest BCUT2D eigenvalue weighted by molar-refractivity contribution is 0.568. The highest BCUT2D eigenvalue weighted by Gasteiger charge is 2.53. The summed E-state index contributed by atoms with van der Waals surface area (Å²) in [7, 11) is 0. The zero-order valence-electron chi connectivity index (χ0n) is 6.14. The molecule has 1 unspecified atom stereocenters. The molecule has 0 radical (unpaired) electrons. The van der Waals surface area contributed by atoms with Gasteiger partial charge in [-0.05, 0) is 11.8 Å². The van der Waals surface area contributed by atoms with Crippen LogP contribution >= 0.6 is 0 Å². The Kier molecular flexibility index (Phi) is 0.946. The van der Waals surface area contributed by atoms with E-state index in [9.17, 15) is 0 Å². The summed E-state index contributed by atoms with van der Waals surface area (Å²) in [5, 5.41) is 11.0. The summed E-state index contributed by atoms with van der Waals surface area (Å²) < 4.78 is 2.14. The molecule has 2 heterocycles. The van der Waals surface area contributed by atoms with Gasteiger partial charge in [-0.15, -0.1) is 10.2 Å². The summed E-state index contributed by atoms with van der Waals surface area (Å²) in [6.07, 6.45) is 3.64. The first-order chi connectivity index (χ1) is 5.47. The quantitative estimate of drug-likeness (QED) is 0.596. The Hall–Kier alpha value is -0.900. The van der Waals surface area contributed by atoms with Crippen LogP contribution in [0.5, 0.6) is 0 Å². The number of hydrogen-bond acceptors (Lipinski definition) is 3. The summed E-state index contributed by atoms with van der Waals surface area (Å²) in [6, 6.07) is 0.700. The van der Waals surface area contributed by atoms with Gasteiger partial charge in [0.25, 0.3) is 0 Å². The van der Waals surface area contributed by atoms with Crippen LogP contribution in [-0.4, -0.2) is 27.9 Å². The van der Waals surface area contributed by atoms with Crippen LogP contribution in [0, 0.1) is 11.8 Å². The highest BCUT2D eigenvalue weighted by atomic mass is 15.3. The number of nitrogens with one attached hydrogen (secondary N) is 1. The maximum atomic E-state index is 3.80. The second kappa shape index (κ2) is 1.82. The molecule has 3 atom stereocenters. The van der Waals surface area contributed by atoms with E-state index in [2.05, 4.69) is 20.1 Å². The maximum Gasteiger partial charge on any atom is 0.119 e. The number of rotatable bonds is 1. The second-order valence-electron chi connectivity index (χ2n) is 3.39. The normalized spacial score (nSPS) is 40.5. The summed E-state index contributed by atoms with van der Waals surface area (Å²) in [6.45, 7) is 2.35. The number of fused-ring (bicyclic) bond motifs is 1. The van der Waals surface area contributed by atoms with E-state index in [-0.39, 0.29) is 0 Å². The van der Waals surface area contributed by atoms with Crippen LogP contribution < -0.4 is 5.32 Å². The molecule has 1 aliphatic heterocycles. The van der Waals surface area contributed by atoms with Crippen molar-refractivity contribution in [1.29, 1.82) is 0 Å². The van der Waals surface area contributed by atoms with E-state index < -0.39 is 0 Å². The predicted molar refractivity (Wildman–Crippen MR) is 38.9 cm³/mol. The molecule has 1 saturated carbocycles. The van der Waals surface area contributed by atoms with Crippen LogP contribution in [0.3, 0.4) is 0 Å². The number of aromatic nitrogens is 3. The van der Waals surface area contributed by atoms with Gasteiger partial charge in [-0.3, -0.25) is 0 Å². The third kappa shape index (κ3) is 0.673. The molecule has 0 aromatic carbocycles. The highest BCUT2D eigenvalue weighted by molar-refractivity contribution is 5.07. The molecule has 0 spiro atoms. The molecular formula is C7H10N4. The van der Waals surface area contributed by atoms with Crippen molar-refractivity contribution in [3.05, 3.63) is 12.7 Å². The van der Waals surface area contributed by atoms with E-state index in [0.717, 1.165) is 11.8 Å². The molecule has 58 valence electrons. The Morgan fingerprint density at radius 1 is 1.18 bits per heavy atom. The largest absolute Gasteiger partial charge is 0.316 e. The van der Waals surface area contributed by atoms with Crippen LogP contribution in [-0.2, 0) is 0 Å². The molecule has 4 heteroatoms. The summed E-state index contributed by atoms with van der Waals surface area (Å²) in [5.74, 6) is 1.71. The zero-order valence-corrected chi connectivity index (χ0v) is 6.14. The van der Waals surface area contributed by atoms with Crippen molar-refractivity contribution in [3.8, 4) is 0 Å². The van der Waals surface area contributed by atoms with Gasteiger partial charge < -0.3 is 9.88 Å². The van der Waals surface area contributed by atoms with Gasteiger partial charge in [-0.2, -0.15) is 0 Å². The Morgan fingerprint density at radius 3 is 2.45 bits per heavy atom. The van der Waals surface area contributed by atoms with Gasteiger partial charge in [0.05, 0.1) is 0 Å². The minimum absolute atomic E-state index is 0.700. The third-order valence-electron chi connectivity index (χ3n) is 2.83. The molecule has 2 fully saturated rings. The van der Waals surface area contributed by atoms with E-state index in [1.807, 2.05) is 12.7 Å². The lowest BCUT2D eigenvalue weighted by Crippen LogP contribution is -2.15. The molecule has 11 heavy (non-hydrogen) atoms. The molecule has 1 aromatic heterocycles. The lowest BCUT2D eigenvalue weighted by Gasteiger charge is -2.02. The molecule has 1 N–H and O–H groups in total. The van der Waals surface area contributed by atoms with Gasteiger partial charge in [0.2, 0.25) is 0 Å². The van der Waals surface area contributed by atoms with E-state index in [4.69, 9.17) is 0 Å². The molecular weight excluding hydrogens is 140 g/mol. The van der Waals surface area contributed by atoms with Crippen LogP contribution in [0.25, 0.3) is 0 Å². The van der Waals surface area contributed by atoms with Crippen molar-refractivity contribution in [2.45, 2.75) is 6.04 Å². The Labute approximate surface area is 64.6 Å². The van der Waals surface area contributed by atoms with Gasteiger partial charge in [-0.25, -0.2) is 0 Å². The van der Waals surface area contributed by atoms with Crippen molar-refractivity contribution >= 4 is 0 Å². The standard InChI is InChI=1S/C7H10N4/c1-5-6(2-8-1)7(5)11-3-9-10-4-11/h3-8H,1-2H2/t5-,6+,7?. The monoisotopic (exact) mass is 150 g/mol. The summed E-state index contributed by atoms with van der Waals surface area (Å²) >= 11 is 0. The van der Waals surface area contributed by atoms with Crippen LogP contribution in [0.2, 0.25) is 0 Å². The average molecular weight is 150 g/mol. The van der Waals surface area contributed by atoms with Crippen molar-refractivity contribution in [2.24, 2.45) is 11.8 Å². The fraction of sp³-hybridized carbons (Fsp3) is 0.714. The smallest absolute Gasteiger partial charge is 0.119 e. The van der Waals surface area contributed by atoms with Gasteiger partial charge >= 0.3 is 0 Å². The lowest BCUT2D eigenvalue weighted by atomic mass is 10.4. The Bertz CT molecular complexity index is 245. The topological polar surface area (TPSA) is 42.7 Å². The molecule has 1 aromatic rings. The fourth-order valence-electron chi connectivity index (χ4n) is 2.19. The van der Waals surface area contributed by atoms with Gasteiger partial charge in [-0.1, -0.05) is 0 Å². The molecule has 0 amide bonds. The minimum atomic E-state index is 0.700. The van der Waals surface area contributed by atoms with Gasteiger partial charge in [0.1, 0.15) is 12.7 Å². The number of piperidine rings is 1. The Balaban J connectivity index is 1.85. The van der Waals surface area contributed by atoms with E-state index >= 15 is 0 Å². The van der Waals surface area contributed by atoms with Crippen LogP contribution in [0.15, 0.2) is 12.7 Å². The van der Waals surface area contributed by atoms with Gasteiger partial charge in [0.15, 0.2) is 0 Å². The molecule has 2 aliphatic rings. The first kappa shape index (κ1) is 5.71. The first-order valence-corrected chi connectivity index (χ1v) is 4.01. The fourth-order valence-corrected chi connectivity index (χ4v) is 2.19. The third-order valence-corrected chi connectivity index (χ3v) is 2.83. The minimum Gasteiger partial charge on any atom is -0.316 e. The number of hydrogen-bond donors (Lipinski definition) is 1. The molecule has 1 saturated heterocycles. The van der Waals surface area contributed by atoms with Gasteiger partial charge in [0, 0.05) is 19.1 Å². The number of nitrogens with zero attached hydrogens (tertiary/aromatic N) is 3. The second-order valence-corrected chi connectivity index (χ2v) is 3.39. The SMILES string of the molecule is c1nncn1C1[C@H]2CNC[C@@H]12. The maximum absolute atomic E-state index is 3.80. The highest BCUT2D eigenvalue weighted by Crippen LogP contribution is 2.52. The average Bonchev–Trinajstić information content (AvgIpc) is 2.57. The van der Waals surface area contributed by atoms with Crippen molar-refractivity contribution < 1.29 is 0 Å². The van der Waals surface area contributed by atoms with E-state index in [0.29, 0.717) is 6.04 Å². The van der Waals surface area contributed by atoms with Crippen molar-refractivity contribution in [3.63, 3.8) is 0 Å². The van der Waals surface area contributed by atoms with E-state index in [1.54, 1.807) is 0 Å². The van der Waals surface area contributed by atoms with Crippen molar-refractivity contribution in [1.82, 2.24) is 20.1 Å². The van der Waals surface area contributed by atoms with E-state index in [1.165, 1.54) is 13.1 Å². The van der Waals surface area contributed by atoms with Crippen molar-refractivity contribution in [2.75, 3.05) is 13.1 Å².